The van der Waals surface area contributed by atoms with E-state index in [9.17, 15) is 18.4 Å². The quantitative estimate of drug-likeness (QED) is 0.784. The molecule has 4 nitrogen and oxygen atoms in total. The lowest BCUT2D eigenvalue weighted by molar-refractivity contribution is -0.146. The third kappa shape index (κ3) is 3.35. The number of halogens is 3. The maximum Gasteiger partial charge on any atom is 0.316 e. The Labute approximate surface area is 148 Å². The number of aryl methyl sites for hydroxylation is 1. The summed E-state index contributed by atoms with van der Waals surface area (Å²) in [4.78, 5) is 27.3. The topological polar surface area (TPSA) is 40.6 Å². The fourth-order valence-corrected chi connectivity index (χ4v) is 2.98. The van der Waals surface area contributed by atoms with E-state index in [0.29, 0.717) is 11.1 Å². The lowest BCUT2D eigenvalue weighted by Gasteiger charge is -2.34. The van der Waals surface area contributed by atoms with Gasteiger partial charge in [-0.05, 0) is 36.2 Å². The number of carbonyl (C=O) groups excluding carboxylic acids is 2. The molecule has 0 radical (unpaired) electrons. The van der Waals surface area contributed by atoms with Gasteiger partial charge in [-0.2, -0.15) is 0 Å². The molecule has 2 aromatic rings. The van der Waals surface area contributed by atoms with Crippen molar-refractivity contribution in [2.75, 3.05) is 18.0 Å². The number of benzene rings is 2. The average Bonchev–Trinajstić information content (AvgIpc) is 2.57. The maximum atomic E-state index is 14.2. The van der Waals surface area contributed by atoms with Crippen molar-refractivity contribution in [2.45, 2.75) is 13.5 Å². The molecule has 1 saturated heterocycles. The second kappa shape index (κ2) is 6.80. The molecule has 130 valence electrons. The molecule has 1 fully saturated rings. The molecule has 7 heteroatoms. The summed E-state index contributed by atoms with van der Waals surface area (Å²) in [5.74, 6) is -2.53. The molecular formula is C18H15ClF2N2O2. The Balaban J connectivity index is 1.80. The average molecular weight is 365 g/mol. The first-order valence-electron chi connectivity index (χ1n) is 7.68. The predicted molar refractivity (Wildman–Crippen MR) is 90.3 cm³/mol. The van der Waals surface area contributed by atoms with Crippen LogP contribution < -0.4 is 4.90 Å². The van der Waals surface area contributed by atoms with Crippen LogP contribution in [0.5, 0.6) is 0 Å². The summed E-state index contributed by atoms with van der Waals surface area (Å²) in [6, 6.07) is 8.57. The van der Waals surface area contributed by atoms with Crippen LogP contribution in [-0.4, -0.2) is 29.8 Å². The molecule has 1 aliphatic heterocycles. The Kier molecular flexibility index (Phi) is 4.72. The van der Waals surface area contributed by atoms with Crippen LogP contribution in [0.25, 0.3) is 0 Å². The summed E-state index contributed by atoms with van der Waals surface area (Å²) in [7, 11) is 0. The number of nitrogens with zero attached hydrogens (tertiary/aromatic N) is 2. The second-order valence-corrected chi connectivity index (χ2v) is 6.23. The van der Waals surface area contributed by atoms with Gasteiger partial charge in [0.1, 0.15) is 11.6 Å². The summed E-state index contributed by atoms with van der Waals surface area (Å²) >= 11 is 5.97. The summed E-state index contributed by atoms with van der Waals surface area (Å²) < 4.78 is 27.4. The molecule has 0 saturated carbocycles. The van der Waals surface area contributed by atoms with E-state index < -0.39 is 23.4 Å². The van der Waals surface area contributed by atoms with Crippen LogP contribution in [0, 0.1) is 18.6 Å². The molecule has 1 aliphatic rings. The van der Waals surface area contributed by atoms with E-state index in [0.717, 1.165) is 11.0 Å². The number of carbonyl (C=O) groups is 2. The van der Waals surface area contributed by atoms with E-state index >= 15 is 0 Å². The van der Waals surface area contributed by atoms with Crippen LogP contribution in [0.4, 0.5) is 14.5 Å². The van der Waals surface area contributed by atoms with Gasteiger partial charge in [0.2, 0.25) is 0 Å². The predicted octanol–water partition coefficient (Wildman–Crippen LogP) is 3.30. The van der Waals surface area contributed by atoms with Gasteiger partial charge in [-0.1, -0.05) is 29.8 Å². The van der Waals surface area contributed by atoms with Crippen LogP contribution in [-0.2, 0) is 16.1 Å². The first kappa shape index (κ1) is 17.4. The molecule has 2 aromatic carbocycles. The smallest absolute Gasteiger partial charge is 0.316 e. The normalized spacial score (nSPS) is 15.0. The second-order valence-electron chi connectivity index (χ2n) is 5.83. The molecular weight excluding hydrogens is 350 g/mol. The number of hydrogen-bond donors (Lipinski definition) is 0. The summed E-state index contributed by atoms with van der Waals surface area (Å²) in [6.07, 6.45) is 0. The Hall–Kier alpha value is -2.47. The lowest BCUT2D eigenvalue weighted by atomic mass is 10.1. The molecule has 0 spiro atoms. The van der Waals surface area contributed by atoms with Crippen molar-refractivity contribution in [1.29, 1.82) is 0 Å². The molecule has 0 unspecified atom stereocenters. The van der Waals surface area contributed by atoms with Crippen molar-refractivity contribution in [3.63, 3.8) is 0 Å². The van der Waals surface area contributed by atoms with E-state index in [2.05, 4.69) is 0 Å². The summed E-state index contributed by atoms with van der Waals surface area (Å²) in [5.41, 5.74) is 1.04. The highest BCUT2D eigenvalue weighted by atomic mass is 35.5. The maximum absolute atomic E-state index is 14.2. The monoisotopic (exact) mass is 364 g/mol. The Morgan fingerprint density at radius 1 is 1.08 bits per heavy atom. The SMILES string of the molecule is Cc1cccc(N2CCN(Cc3ccc(F)cc3Cl)C(=O)C2=O)c1F. The minimum Gasteiger partial charge on any atom is -0.328 e. The number of piperazine rings is 1. The number of hydrogen-bond acceptors (Lipinski definition) is 2. The van der Waals surface area contributed by atoms with Crippen molar-refractivity contribution in [3.05, 3.63) is 64.2 Å². The van der Waals surface area contributed by atoms with Gasteiger partial charge in [-0.3, -0.25) is 14.5 Å². The van der Waals surface area contributed by atoms with Crippen molar-refractivity contribution in [2.24, 2.45) is 0 Å². The number of rotatable bonds is 3. The van der Waals surface area contributed by atoms with Gasteiger partial charge in [0.25, 0.3) is 0 Å². The minimum absolute atomic E-state index is 0.0911. The highest BCUT2D eigenvalue weighted by molar-refractivity contribution is 6.41. The van der Waals surface area contributed by atoms with Crippen LogP contribution in [0.15, 0.2) is 36.4 Å². The third-order valence-corrected chi connectivity index (χ3v) is 4.50. The van der Waals surface area contributed by atoms with E-state index in [4.69, 9.17) is 11.6 Å². The molecule has 0 atom stereocenters. The van der Waals surface area contributed by atoms with Crippen molar-refractivity contribution in [1.82, 2.24) is 4.90 Å². The summed E-state index contributed by atoms with van der Waals surface area (Å²) in [5, 5.41) is 0.187. The minimum atomic E-state index is -0.797. The molecule has 0 aromatic heterocycles. The van der Waals surface area contributed by atoms with Gasteiger partial charge in [-0.25, -0.2) is 8.78 Å². The lowest BCUT2D eigenvalue weighted by Crippen LogP contribution is -2.54. The van der Waals surface area contributed by atoms with Crippen LogP contribution in [0.3, 0.4) is 0 Å². The first-order chi connectivity index (χ1) is 11.9. The largest absolute Gasteiger partial charge is 0.328 e. The van der Waals surface area contributed by atoms with Gasteiger partial charge >= 0.3 is 11.8 Å². The molecule has 0 bridgehead atoms. The Bertz CT molecular complexity index is 857. The van der Waals surface area contributed by atoms with Crippen LogP contribution in [0.2, 0.25) is 5.02 Å². The third-order valence-electron chi connectivity index (χ3n) is 4.15. The Morgan fingerprint density at radius 2 is 1.84 bits per heavy atom. The molecule has 0 N–H and O–H groups in total. The molecule has 2 amide bonds. The van der Waals surface area contributed by atoms with Crippen molar-refractivity contribution in [3.8, 4) is 0 Å². The van der Waals surface area contributed by atoms with E-state index in [1.807, 2.05) is 0 Å². The highest BCUT2D eigenvalue weighted by Gasteiger charge is 2.34. The van der Waals surface area contributed by atoms with E-state index in [1.54, 1.807) is 19.1 Å². The summed E-state index contributed by atoms with van der Waals surface area (Å²) in [6.45, 7) is 2.08. The van der Waals surface area contributed by atoms with Gasteiger partial charge < -0.3 is 4.90 Å². The molecule has 1 heterocycles. The fourth-order valence-electron chi connectivity index (χ4n) is 2.75. The first-order valence-corrected chi connectivity index (χ1v) is 8.06. The fraction of sp³-hybridized carbons (Fsp3) is 0.222. The molecule has 3 rings (SSSR count). The van der Waals surface area contributed by atoms with Crippen molar-refractivity contribution >= 4 is 29.1 Å². The zero-order valence-corrected chi connectivity index (χ0v) is 14.2. The van der Waals surface area contributed by atoms with Gasteiger partial charge in [0.15, 0.2) is 0 Å². The number of amides is 2. The van der Waals surface area contributed by atoms with Gasteiger partial charge in [-0.15, -0.1) is 0 Å². The standard InChI is InChI=1S/C18H15ClF2N2O2/c1-11-3-2-4-15(16(11)21)23-8-7-22(17(24)18(23)25)10-12-5-6-13(20)9-14(12)19/h2-6,9H,7-8,10H2,1H3. The molecule has 25 heavy (non-hydrogen) atoms. The highest BCUT2D eigenvalue weighted by Crippen LogP contribution is 2.25. The molecule has 0 aliphatic carbocycles. The van der Waals surface area contributed by atoms with E-state index in [-0.39, 0.29) is 30.3 Å². The zero-order valence-electron chi connectivity index (χ0n) is 13.4. The van der Waals surface area contributed by atoms with Gasteiger partial charge in [0, 0.05) is 24.7 Å². The Morgan fingerprint density at radius 3 is 2.56 bits per heavy atom. The van der Waals surface area contributed by atoms with Gasteiger partial charge in [0.05, 0.1) is 5.69 Å². The van der Waals surface area contributed by atoms with Crippen molar-refractivity contribution < 1.29 is 18.4 Å². The zero-order chi connectivity index (χ0) is 18.1. The van der Waals surface area contributed by atoms with E-state index in [1.165, 1.54) is 23.1 Å². The van der Waals surface area contributed by atoms with Crippen LogP contribution in [0.1, 0.15) is 11.1 Å². The number of anilines is 1. The van der Waals surface area contributed by atoms with Crippen LogP contribution >= 0.6 is 11.6 Å².